The molecule has 0 radical (unpaired) electrons. The summed E-state index contributed by atoms with van der Waals surface area (Å²) in [6, 6.07) is 3.88. The molecule has 1 N–H and O–H groups in total. The first kappa shape index (κ1) is 6.80. The molecule has 2 nitrogen and oxygen atoms in total. The molecule has 2 heteroatoms. The van der Waals surface area contributed by atoms with Crippen LogP contribution in [-0.2, 0) is 5.60 Å². The van der Waals surface area contributed by atoms with E-state index < -0.39 is 5.60 Å². The van der Waals surface area contributed by atoms with Crippen molar-refractivity contribution in [1.29, 1.82) is 0 Å². The van der Waals surface area contributed by atoms with E-state index in [1.807, 2.05) is 19.1 Å². The Morgan fingerprint density at radius 3 is 2.82 bits per heavy atom. The first-order valence-electron chi connectivity index (χ1n) is 3.87. The quantitative estimate of drug-likeness (QED) is 0.654. The third-order valence-electron chi connectivity index (χ3n) is 2.17. The van der Waals surface area contributed by atoms with Crippen LogP contribution in [0.2, 0.25) is 0 Å². The predicted molar refractivity (Wildman–Crippen MR) is 42.1 cm³/mol. The smallest absolute Gasteiger partial charge is 0.107 e. The Kier molecular flexibility index (Phi) is 1.26. The second-order valence-corrected chi connectivity index (χ2v) is 3.20. The second-order valence-electron chi connectivity index (χ2n) is 3.20. The lowest BCUT2D eigenvalue weighted by molar-refractivity contribution is 0.145. The van der Waals surface area contributed by atoms with Crippen LogP contribution in [0, 0.1) is 6.92 Å². The van der Waals surface area contributed by atoms with Crippen LogP contribution < -0.4 is 0 Å². The molecule has 1 aromatic rings. The van der Waals surface area contributed by atoms with Gasteiger partial charge in [-0.2, -0.15) is 0 Å². The van der Waals surface area contributed by atoms with Gasteiger partial charge in [-0.25, -0.2) is 0 Å². The minimum absolute atomic E-state index is 0.578. The summed E-state index contributed by atoms with van der Waals surface area (Å²) < 4.78 is 0. The minimum atomic E-state index is -0.578. The average molecular weight is 149 g/mol. The van der Waals surface area contributed by atoms with Gasteiger partial charge in [-0.15, -0.1) is 0 Å². The molecule has 0 aliphatic heterocycles. The maximum atomic E-state index is 9.72. The van der Waals surface area contributed by atoms with Crippen molar-refractivity contribution in [2.75, 3.05) is 0 Å². The Morgan fingerprint density at radius 1 is 1.55 bits per heavy atom. The van der Waals surface area contributed by atoms with Gasteiger partial charge in [0.25, 0.3) is 0 Å². The van der Waals surface area contributed by atoms with Gasteiger partial charge in [0.2, 0.25) is 0 Å². The SMILES string of the molecule is Cc1cccnc1C1(O)CC1. The van der Waals surface area contributed by atoms with Crippen molar-refractivity contribution >= 4 is 0 Å². The summed E-state index contributed by atoms with van der Waals surface area (Å²) in [6.45, 7) is 1.98. The Labute approximate surface area is 65.9 Å². The molecular formula is C9H11NO. The molecule has 0 bridgehead atoms. The maximum Gasteiger partial charge on any atom is 0.107 e. The van der Waals surface area contributed by atoms with Gasteiger partial charge in [-0.3, -0.25) is 4.98 Å². The Hall–Kier alpha value is -0.890. The topological polar surface area (TPSA) is 33.1 Å². The number of rotatable bonds is 1. The predicted octanol–water partition coefficient (Wildman–Crippen LogP) is 1.37. The molecule has 1 aromatic heterocycles. The van der Waals surface area contributed by atoms with Crippen LogP contribution in [0.15, 0.2) is 18.3 Å². The zero-order valence-electron chi connectivity index (χ0n) is 6.54. The first-order chi connectivity index (χ1) is 5.22. The fourth-order valence-electron chi connectivity index (χ4n) is 1.33. The number of aliphatic hydroxyl groups is 1. The number of aryl methyl sites for hydroxylation is 1. The average Bonchev–Trinajstić information content (AvgIpc) is 2.70. The lowest BCUT2D eigenvalue weighted by atomic mass is 10.1. The van der Waals surface area contributed by atoms with Crippen LogP contribution in [0.3, 0.4) is 0 Å². The van der Waals surface area contributed by atoms with Gasteiger partial charge in [-0.1, -0.05) is 6.07 Å². The normalized spacial score (nSPS) is 19.8. The second kappa shape index (κ2) is 2.05. The zero-order chi connectivity index (χ0) is 7.90. The van der Waals surface area contributed by atoms with Crippen LogP contribution in [-0.4, -0.2) is 10.1 Å². The van der Waals surface area contributed by atoms with E-state index in [1.165, 1.54) is 0 Å². The van der Waals surface area contributed by atoms with E-state index in [4.69, 9.17) is 0 Å². The molecular weight excluding hydrogens is 138 g/mol. The van der Waals surface area contributed by atoms with Crippen molar-refractivity contribution in [3.8, 4) is 0 Å². The minimum Gasteiger partial charge on any atom is -0.384 e. The van der Waals surface area contributed by atoms with Gasteiger partial charge < -0.3 is 5.11 Å². The van der Waals surface area contributed by atoms with Crippen molar-refractivity contribution in [3.63, 3.8) is 0 Å². The summed E-state index contributed by atoms with van der Waals surface area (Å²) >= 11 is 0. The summed E-state index contributed by atoms with van der Waals surface area (Å²) in [7, 11) is 0. The fraction of sp³-hybridized carbons (Fsp3) is 0.444. The van der Waals surface area contributed by atoms with Gasteiger partial charge in [-0.05, 0) is 31.4 Å². The van der Waals surface area contributed by atoms with E-state index in [-0.39, 0.29) is 0 Å². The maximum absolute atomic E-state index is 9.72. The summed E-state index contributed by atoms with van der Waals surface area (Å²) in [6.07, 6.45) is 3.47. The highest BCUT2D eigenvalue weighted by molar-refractivity contribution is 5.27. The van der Waals surface area contributed by atoms with E-state index in [1.54, 1.807) is 6.20 Å². The molecule has 0 atom stereocenters. The van der Waals surface area contributed by atoms with Crippen molar-refractivity contribution in [2.45, 2.75) is 25.4 Å². The van der Waals surface area contributed by atoms with Crippen molar-refractivity contribution < 1.29 is 5.11 Å². The number of nitrogens with zero attached hydrogens (tertiary/aromatic N) is 1. The first-order valence-corrected chi connectivity index (χ1v) is 3.87. The molecule has 2 rings (SSSR count). The Bertz CT molecular complexity index is 279. The van der Waals surface area contributed by atoms with Gasteiger partial charge in [0.1, 0.15) is 5.60 Å². The van der Waals surface area contributed by atoms with Crippen LogP contribution in [0.25, 0.3) is 0 Å². The summed E-state index contributed by atoms with van der Waals surface area (Å²) in [4.78, 5) is 4.16. The number of hydrogen-bond donors (Lipinski definition) is 1. The molecule has 58 valence electrons. The van der Waals surface area contributed by atoms with Crippen LogP contribution in [0.1, 0.15) is 24.1 Å². The molecule has 11 heavy (non-hydrogen) atoms. The van der Waals surface area contributed by atoms with E-state index in [0.717, 1.165) is 24.1 Å². The Balaban J connectivity index is 2.45. The lowest BCUT2D eigenvalue weighted by Crippen LogP contribution is -2.08. The van der Waals surface area contributed by atoms with Crippen LogP contribution in [0.4, 0.5) is 0 Å². The molecule has 0 amide bonds. The molecule has 0 aromatic carbocycles. The third-order valence-corrected chi connectivity index (χ3v) is 2.17. The van der Waals surface area contributed by atoms with E-state index in [0.29, 0.717) is 0 Å². The monoisotopic (exact) mass is 149 g/mol. The fourth-order valence-corrected chi connectivity index (χ4v) is 1.33. The van der Waals surface area contributed by atoms with Crippen LogP contribution in [0.5, 0.6) is 0 Å². The highest BCUT2D eigenvalue weighted by atomic mass is 16.3. The zero-order valence-corrected chi connectivity index (χ0v) is 6.54. The van der Waals surface area contributed by atoms with Crippen molar-refractivity contribution in [3.05, 3.63) is 29.6 Å². The third kappa shape index (κ3) is 1.03. The molecule has 1 aliphatic carbocycles. The molecule has 1 heterocycles. The number of aromatic nitrogens is 1. The summed E-state index contributed by atoms with van der Waals surface area (Å²) in [5.74, 6) is 0. The van der Waals surface area contributed by atoms with Gasteiger partial charge >= 0.3 is 0 Å². The molecule has 1 saturated carbocycles. The molecule has 1 aliphatic rings. The highest BCUT2D eigenvalue weighted by Crippen LogP contribution is 2.45. The standard InChI is InChI=1S/C9H11NO/c1-7-3-2-6-10-8(7)9(11)4-5-9/h2-3,6,11H,4-5H2,1H3. The summed E-state index contributed by atoms with van der Waals surface area (Å²) in [5, 5.41) is 9.72. The lowest BCUT2D eigenvalue weighted by Gasteiger charge is -2.08. The molecule has 0 spiro atoms. The van der Waals surface area contributed by atoms with Crippen LogP contribution >= 0.6 is 0 Å². The summed E-state index contributed by atoms with van der Waals surface area (Å²) in [5.41, 5.74) is 1.37. The molecule has 0 saturated heterocycles. The van der Waals surface area contributed by atoms with Crippen molar-refractivity contribution in [2.24, 2.45) is 0 Å². The van der Waals surface area contributed by atoms with E-state index in [9.17, 15) is 5.11 Å². The van der Waals surface area contributed by atoms with E-state index in [2.05, 4.69) is 4.98 Å². The largest absolute Gasteiger partial charge is 0.384 e. The van der Waals surface area contributed by atoms with Gasteiger partial charge in [0.15, 0.2) is 0 Å². The number of hydrogen-bond acceptors (Lipinski definition) is 2. The van der Waals surface area contributed by atoms with E-state index >= 15 is 0 Å². The number of pyridine rings is 1. The van der Waals surface area contributed by atoms with Gasteiger partial charge in [0.05, 0.1) is 5.69 Å². The van der Waals surface area contributed by atoms with Gasteiger partial charge in [0, 0.05) is 6.20 Å². The van der Waals surface area contributed by atoms with Crippen molar-refractivity contribution in [1.82, 2.24) is 4.98 Å². The highest BCUT2D eigenvalue weighted by Gasteiger charge is 2.44. The molecule has 0 unspecified atom stereocenters. The molecule has 1 fully saturated rings. The Morgan fingerprint density at radius 2 is 2.27 bits per heavy atom.